The SMILES string of the molecule is CCc1cc(NC(=O)NC[C@@H]2CCCN(CCc3ccc(C(F)(F)F)cc3)C2)cc(-c2nnnn2C)c1.CCc1cc(NC(=O)NC[C@H]2CCCN(CCCc3ccc(F)cc3)C2)cc(-c2nnnn2C)c1.[HH].[HH].[HH].[HH]. The molecule has 2 atom stereocenters. The Morgan fingerprint density at radius 1 is 0.639 bits per heavy atom. The van der Waals surface area contributed by atoms with Gasteiger partial charge in [0.1, 0.15) is 5.82 Å². The maximum Gasteiger partial charge on any atom is 0.416 e. The van der Waals surface area contributed by atoms with Gasteiger partial charge in [0.2, 0.25) is 0 Å². The molecule has 0 spiro atoms. The first kappa shape index (κ1) is 53.0. The first-order valence-electron chi connectivity index (χ1n) is 24.9. The summed E-state index contributed by atoms with van der Waals surface area (Å²) in [6.07, 6.45) is 4.31. The van der Waals surface area contributed by atoms with Gasteiger partial charge < -0.3 is 31.1 Å². The zero-order valence-corrected chi connectivity index (χ0v) is 41.6. The highest BCUT2D eigenvalue weighted by Crippen LogP contribution is 2.30. The number of aryl methyl sites for hydroxylation is 5. The summed E-state index contributed by atoms with van der Waals surface area (Å²) in [7, 11) is 3.56. The Labute approximate surface area is 424 Å². The van der Waals surface area contributed by atoms with Crippen molar-refractivity contribution in [3.8, 4) is 22.8 Å². The maximum absolute atomic E-state index is 13.1. The molecule has 8 rings (SSSR count). The van der Waals surface area contributed by atoms with Crippen LogP contribution in [0, 0.1) is 17.7 Å². The van der Waals surface area contributed by atoms with Crippen molar-refractivity contribution in [1.82, 2.24) is 60.8 Å². The second kappa shape index (κ2) is 25.5. The molecule has 4 N–H and O–H groups in total. The Kier molecular flexibility index (Phi) is 18.8. The van der Waals surface area contributed by atoms with E-state index >= 15 is 0 Å². The number of halogens is 4. The molecule has 0 unspecified atom stereocenters. The number of alkyl halides is 3. The number of benzene rings is 4. The molecular weight excluding hydrogens is 929 g/mol. The minimum atomic E-state index is -4.31. The molecule has 392 valence electrons. The summed E-state index contributed by atoms with van der Waals surface area (Å²) in [5.41, 5.74) is 6.71. The van der Waals surface area contributed by atoms with Crippen LogP contribution in [0.5, 0.6) is 0 Å². The number of likely N-dealkylation sites (tertiary alicyclic amines) is 2. The number of urea groups is 2. The molecule has 2 saturated heterocycles. The van der Waals surface area contributed by atoms with E-state index in [0.717, 1.165) is 136 Å². The molecule has 4 aromatic carbocycles. The molecule has 16 nitrogen and oxygen atoms in total. The third-order valence-corrected chi connectivity index (χ3v) is 13.2. The number of carbonyl (C=O) groups is 2. The van der Waals surface area contributed by atoms with E-state index in [4.69, 9.17) is 0 Å². The number of piperidine rings is 2. The summed E-state index contributed by atoms with van der Waals surface area (Å²) >= 11 is 0. The van der Waals surface area contributed by atoms with Crippen LogP contribution < -0.4 is 21.3 Å². The van der Waals surface area contributed by atoms with Crippen LogP contribution in [-0.2, 0) is 46.0 Å². The average molecular weight is 1000 g/mol. The van der Waals surface area contributed by atoms with Crippen LogP contribution in [0.4, 0.5) is 38.5 Å². The number of nitrogens with one attached hydrogen (secondary N) is 4. The Bertz CT molecular complexity index is 2700. The fourth-order valence-electron chi connectivity index (χ4n) is 9.31. The van der Waals surface area contributed by atoms with Gasteiger partial charge in [-0.1, -0.05) is 38.1 Å². The van der Waals surface area contributed by atoms with Crippen LogP contribution in [0.1, 0.15) is 79.5 Å². The predicted octanol–water partition coefficient (Wildman–Crippen LogP) is 9.56. The topological polar surface area (TPSA) is 176 Å². The van der Waals surface area contributed by atoms with Crippen LogP contribution in [0.2, 0.25) is 0 Å². The number of aromatic nitrogens is 8. The standard InChI is InChI=1S/C26H32F3N7O.C26H34FN7O.4H2/c1-3-18-13-21(24-32-33-34-35(24)2)15-23(14-18)31-25(37)30-16-20-5-4-11-36(17-20)12-10-19-6-8-22(9-7-19)26(27,28)29;1-3-19-14-22(25-30-31-32-33(25)2)16-24(15-19)29-26(35)28-17-21-7-5-13-34(18-21)12-4-6-20-8-10-23(27)11-9-20;;;;/h6-9,13-15,20H,3-5,10-12,16-17H2,1-2H3,(H2,30,31,37);8-11,14-16,21H,3-7,12-13,17-18H2,1-2H3,(H2,28,29,35);4*1H/t20-;21-;;;;/m01..../s1. The second-order valence-corrected chi connectivity index (χ2v) is 18.8. The van der Waals surface area contributed by atoms with E-state index in [-0.39, 0.29) is 23.6 Å². The minimum Gasteiger partial charge on any atom is -0.338 e. The predicted molar refractivity (Wildman–Crippen MR) is 278 cm³/mol. The number of rotatable bonds is 17. The van der Waals surface area contributed by atoms with Crippen molar-refractivity contribution < 1.29 is 32.9 Å². The van der Waals surface area contributed by atoms with Gasteiger partial charge in [-0.3, -0.25) is 0 Å². The highest BCUT2D eigenvalue weighted by atomic mass is 19.4. The molecule has 0 saturated carbocycles. The van der Waals surface area contributed by atoms with Gasteiger partial charge in [-0.15, -0.1) is 10.2 Å². The Morgan fingerprint density at radius 2 is 1.11 bits per heavy atom. The van der Waals surface area contributed by atoms with Crippen molar-refractivity contribution >= 4 is 23.4 Å². The lowest BCUT2D eigenvalue weighted by atomic mass is 9.97. The van der Waals surface area contributed by atoms with Gasteiger partial charge in [0.25, 0.3) is 0 Å². The van der Waals surface area contributed by atoms with E-state index in [1.54, 1.807) is 35.6 Å². The molecule has 2 aliphatic heterocycles. The Hall–Kier alpha value is -6.80. The van der Waals surface area contributed by atoms with Gasteiger partial charge in [0.15, 0.2) is 11.6 Å². The molecule has 0 bridgehead atoms. The molecule has 6 aromatic rings. The summed E-state index contributed by atoms with van der Waals surface area (Å²) < 4.78 is 54.6. The van der Waals surface area contributed by atoms with Gasteiger partial charge in [-0.2, -0.15) is 13.2 Å². The van der Waals surface area contributed by atoms with Gasteiger partial charge in [-0.05, 0) is 193 Å². The highest BCUT2D eigenvalue weighted by Gasteiger charge is 2.30. The van der Waals surface area contributed by atoms with E-state index in [1.807, 2.05) is 55.5 Å². The lowest BCUT2D eigenvalue weighted by molar-refractivity contribution is -0.137. The monoisotopic (exact) mass is 1000 g/mol. The van der Waals surface area contributed by atoms with Crippen molar-refractivity contribution in [1.29, 1.82) is 0 Å². The zero-order valence-electron chi connectivity index (χ0n) is 41.6. The Balaban J connectivity index is 0.000000381. The number of amides is 4. The van der Waals surface area contributed by atoms with Crippen LogP contribution >= 0.6 is 0 Å². The zero-order chi connectivity index (χ0) is 51.0. The molecule has 2 aromatic heterocycles. The molecule has 20 heteroatoms. The lowest BCUT2D eigenvalue weighted by Gasteiger charge is -2.32. The number of nitrogens with zero attached hydrogens (tertiary/aromatic N) is 10. The normalized spacial score (nSPS) is 16.4. The molecule has 0 radical (unpaired) electrons. The van der Waals surface area contributed by atoms with Crippen LogP contribution in [0.25, 0.3) is 22.8 Å². The molecule has 72 heavy (non-hydrogen) atoms. The average Bonchev–Trinajstić information content (AvgIpc) is 4.02. The lowest BCUT2D eigenvalue weighted by Crippen LogP contribution is -2.42. The van der Waals surface area contributed by atoms with Crippen molar-refractivity contribution in [3.63, 3.8) is 0 Å². The van der Waals surface area contributed by atoms with E-state index in [2.05, 4.69) is 69.0 Å². The highest BCUT2D eigenvalue weighted by molar-refractivity contribution is 5.91. The summed E-state index contributed by atoms with van der Waals surface area (Å²) in [6, 6.07) is 23.4. The summed E-state index contributed by atoms with van der Waals surface area (Å²) in [6.45, 7) is 11.0. The minimum absolute atomic E-state index is 0. The third-order valence-electron chi connectivity index (χ3n) is 13.2. The first-order chi connectivity index (χ1) is 34.7. The van der Waals surface area contributed by atoms with Gasteiger partial charge in [0, 0.05) is 75.0 Å². The van der Waals surface area contributed by atoms with E-state index in [1.165, 1.54) is 17.7 Å². The second-order valence-electron chi connectivity index (χ2n) is 18.8. The molecular formula is C52H74F4N14O2. The maximum atomic E-state index is 13.1. The quantitative estimate of drug-likeness (QED) is 0.0644. The van der Waals surface area contributed by atoms with Crippen molar-refractivity contribution in [3.05, 3.63) is 119 Å². The molecule has 0 aliphatic carbocycles. The van der Waals surface area contributed by atoms with E-state index < -0.39 is 11.7 Å². The van der Waals surface area contributed by atoms with E-state index in [0.29, 0.717) is 48.7 Å². The molecule has 4 amide bonds. The first-order valence-corrected chi connectivity index (χ1v) is 24.9. The van der Waals surface area contributed by atoms with Gasteiger partial charge >= 0.3 is 18.2 Å². The smallest absolute Gasteiger partial charge is 0.338 e. The summed E-state index contributed by atoms with van der Waals surface area (Å²) in [5.74, 6) is 1.84. The summed E-state index contributed by atoms with van der Waals surface area (Å²) in [5, 5.41) is 35.3. The van der Waals surface area contributed by atoms with E-state index in [9.17, 15) is 27.2 Å². The van der Waals surface area contributed by atoms with Crippen LogP contribution in [-0.4, -0.2) is 115 Å². The number of anilines is 2. The fraction of sp³-hybridized carbons (Fsp3) is 0.462. The molecule has 4 heterocycles. The van der Waals surface area contributed by atoms with Crippen molar-refractivity contribution in [2.24, 2.45) is 25.9 Å². The van der Waals surface area contributed by atoms with Crippen LogP contribution in [0.3, 0.4) is 0 Å². The Morgan fingerprint density at radius 3 is 1.57 bits per heavy atom. The number of carbonyl (C=O) groups excluding carboxylic acids is 2. The summed E-state index contributed by atoms with van der Waals surface area (Å²) in [4.78, 5) is 30.1. The number of hydrogen-bond donors (Lipinski definition) is 4. The fourth-order valence-corrected chi connectivity index (χ4v) is 9.31. The van der Waals surface area contributed by atoms with Gasteiger partial charge in [0.05, 0.1) is 5.56 Å². The number of tetrazole rings is 2. The molecule has 2 fully saturated rings. The molecule has 2 aliphatic rings. The van der Waals surface area contributed by atoms with Crippen molar-refractivity contribution in [2.45, 2.75) is 77.8 Å². The third kappa shape index (κ3) is 15.9. The van der Waals surface area contributed by atoms with Crippen molar-refractivity contribution in [2.75, 3.05) is 63.0 Å². The van der Waals surface area contributed by atoms with Gasteiger partial charge in [-0.25, -0.2) is 23.3 Å². The van der Waals surface area contributed by atoms with Crippen LogP contribution in [0.15, 0.2) is 84.9 Å². The largest absolute Gasteiger partial charge is 0.416 e. The number of hydrogen-bond acceptors (Lipinski definition) is 10.